The number of halogens is 2. The van der Waals surface area contributed by atoms with Crippen molar-refractivity contribution in [3.63, 3.8) is 0 Å². The van der Waals surface area contributed by atoms with Crippen LogP contribution in [0.1, 0.15) is 17.5 Å². The van der Waals surface area contributed by atoms with Crippen molar-refractivity contribution in [1.82, 2.24) is 0 Å². The molecule has 1 aliphatic heterocycles. The van der Waals surface area contributed by atoms with Crippen molar-refractivity contribution in [3.05, 3.63) is 69.7 Å². The number of benzene rings is 2. The van der Waals surface area contributed by atoms with Crippen molar-refractivity contribution < 1.29 is 9.94 Å². The summed E-state index contributed by atoms with van der Waals surface area (Å²) in [5.41, 5.74) is 2.05. The molecule has 0 saturated carbocycles. The van der Waals surface area contributed by atoms with Crippen molar-refractivity contribution in [3.8, 4) is 0 Å². The third kappa shape index (κ3) is 2.40. The highest BCUT2D eigenvalue weighted by atomic mass is 35.5. The third-order valence-corrected chi connectivity index (χ3v) is 3.72. The quantitative estimate of drug-likeness (QED) is 0.912. The Morgan fingerprint density at radius 2 is 1.85 bits per heavy atom. The summed E-state index contributed by atoms with van der Waals surface area (Å²) in [7, 11) is 0. The molecule has 5 heteroatoms. The Balaban J connectivity index is 1.90. The Morgan fingerprint density at radius 3 is 2.55 bits per heavy atom. The zero-order chi connectivity index (χ0) is 14.2. The maximum absolute atomic E-state index is 10.6. The molecule has 0 spiro atoms. The lowest BCUT2D eigenvalue weighted by Crippen LogP contribution is -2.26. The summed E-state index contributed by atoms with van der Waals surface area (Å²) >= 11 is 12.0. The van der Waals surface area contributed by atoms with Gasteiger partial charge in [-0.1, -0.05) is 58.7 Å². The molecular formula is C15H11Cl2NO2. The molecule has 0 fully saturated rings. The van der Waals surface area contributed by atoms with Gasteiger partial charge in [-0.25, -0.2) is 0 Å². The topological polar surface area (TPSA) is 41.8 Å². The molecule has 1 atom stereocenters. The molecule has 0 radical (unpaired) electrons. The molecule has 1 heterocycles. The van der Waals surface area contributed by atoms with Gasteiger partial charge in [0.15, 0.2) is 0 Å². The maximum Gasteiger partial charge on any atom is 0.267 e. The SMILES string of the molecule is OC1(c2ccc(Cl)cc2Cl)CC(c2ccccc2)=NO1. The van der Waals surface area contributed by atoms with Gasteiger partial charge in [-0.3, -0.25) is 0 Å². The van der Waals surface area contributed by atoms with Crippen LogP contribution in [0.3, 0.4) is 0 Å². The van der Waals surface area contributed by atoms with Gasteiger partial charge < -0.3 is 9.94 Å². The van der Waals surface area contributed by atoms with Crippen molar-refractivity contribution in [2.75, 3.05) is 0 Å². The van der Waals surface area contributed by atoms with Gasteiger partial charge in [0, 0.05) is 10.6 Å². The van der Waals surface area contributed by atoms with Gasteiger partial charge in [0.2, 0.25) is 0 Å². The van der Waals surface area contributed by atoms with E-state index in [4.69, 9.17) is 28.0 Å². The molecule has 2 aromatic carbocycles. The largest absolute Gasteiger partial charge is 0.355 e. The predicted molar refractivity (Wildman–Crippen MR) is 79.0 cm³/mol. The molecule has 1 N–H and O–H groups in total. The van der Waals surface area contributed by atoms with Crippen molar-refractivity contribution in [2.45, 2.75) is 12.2 Å². The molecule has 2 aromatic rings. The highest BCUT2D eigenvalue weighted by Crippen LogP contribution is 2.38. The van der Waals surface area contributed by atoms with Crippen molar-refractivity contribution >= 4 is 28.9 Å². The van der Waals surface area contributed by atoms with Crippen LogP contribution >= 0.6 is 23.2 Å². The van der Waals surface area contributed by atoms with E-state index in [1.165, 1.54) is 0 Å². The van der Waals surface area contributed by atoms with Crippen LogP contribution in [-0.4, -0.2) is 10.8 Å². The Kier molecular flexibility index (Phi) is 3.42. The number of nitrogens with zero attached hydrogens (tertiary/aromatic N) is 1. The van der Waals surface area contributed by atoms with Crippen molar-refractivity contribution in [2.24, 2.45) is 5.16 Å². The average Bonchev–Trinajstić information content (AvgIpc) is 2.83. The van der Waals surface area contributed by atoms with Gasteiger partial charge >= 0.3 is 0 Å². The Bertz CT molecular complexity index is 673. The summed E-state index contributed by atoms with van der Waals surface area (Å²) in [6.07, 6.45) is 0.234. The lowest BCUT2D eigenvalue weighted by Gasteiger charge is -2.21. The van der Waals surface area contributed by atoms with E-state index in [2.05, 4.69) is 5.16 Å². The zero-order valence-electron chi connectivity index (χ0n) is 10.4. The van der Waals surface area contributed by atoms with Crippen LogP contribution in [-0.2, 0) is 10.6 Å². The molecule has 3 rings (SSSR count). The van der Waals surface area contributed by atoms with Crippen LogP contribution in [0.15, 0.2) is 53.7 Å². The second-order valence-corrected chi connectivity index (χ2v) is 5.42. The van der Waals surface area contributed by atoms with Crippen LogP contribution in [0.2, 0.25) is 10.0 Å². The molecule has 0 amide bonds. The van der Waals surface area contributed by atoms with Gasteiger partial charge in [-0.15, -0.1) is 0 Å². The number of aliphatic hydroxyl groups is 1. The van der Waals surface area contributed by atoms with Crippen LogP contribution in [0, 0.1) is 0 Å². The Morgan fingerprint density at radius 1 is 1.10 bits per heavy atom. The van der Waals surface area contributed by atoms with Crippen molar-refractivity contribution in [1.29, 1.82) is 0 Å². The lowest BCUT2D eigenvalue weighted by molar-refractivity contribution is -0.193. The number of rotatable bonds is 2. The normalized spacial score (nSPS) is 21.4. The Hall–Kier alpha value is -1.55. The van der Waals surface area contributed by atoms with E-state index in [-0.39, 0.29) is 6.42 Å². The molecule has 102 valence electrons. The minimum Gasteiger partial charge on any atom is -0.355 e. The van der Waals surface area contributed by atoms with E-state index in [0.29, 0.717) is 21.3 Å². The summed E-state index contributed by atoms with van der Waals surface area (Å²) in [6, 6.07) is 14.4. The first-order valence-electron chi connectivity index (χ1n) is 6.07. The van der Waals surface area contributed by atoms with E-state index in [0.717, 1.165) is 5.56 Å². The predicted octanol–water partition coefficient (Wildman–Crippen LogP) is 3.96. The van der Waals surface area contributed by atoms with Crippen LogP contribution in [0.5, 0.6) is 0 Å². The second-order valence-electron chi connectivity index (χ2n) is 4.58. The third-order valence-electron chi connectivity index (χ3n) is 3.17. The van der Waals surface area contributed by atoms with Gasteiger partial charge in [0.05, 0.1) is 17.2 Å². The fourth-order valence-corrected chi connectivity index (χ4v) is 2.71. The molecule has 1 aliphatic rings. The fraction of sp³-hybridized carbons (Fsp3) is 0.133. The molecule has 0 bridgehead atoms. The highest BCUT2D eigenvalue weighted by molar-refractivity contribution is 6.35. The van der Waals surface area contributed by atoms with Gasteiger partial charge in [0.1, 0.15) is 0 Å². The first-order valence-corrected chi connectivity index (χ1v) is 6.82. The highest BCUT2D eigenvalue weighted by Gasteiger charge is 2.40. The molecule has 0 saturated heterocycles. The average molecular weight is 308 g/mol. The fourth-order valence-electron chi connectivity index (χ4n) is 2.16. The summed E-state index contributed by atoms with van der Waals surface area (Å²) in [6.45, 7) is 0. The van der Waals surface area contributed by atoms with Crippen LogP contribution in [0.25, 0.3) is 0 Å². The zero-order valence-corrected chi connectivity index (χ0v) is 11.9. The number of hydrogen-bond donors (Lipinski definition) is 1. The van der Waals surface area contributed by atoms with Gasteiger partial charge in [0.25, 0.3) is 5.79 Å². The van der Waals surface area contributed by atoms with E-state index in [1.807, 2.05) is 30.3 Å². The monoisotopic (exact) mass is 307 g/mol. The van der Waals surface area contributed by atoms with E-state index < -0.39 is 5.79 Å². The Labute approximate surface area is 126 Å². The smallest absolute Gasteiger partial charge is 0.267 e. The summed E-state index contributed by atoms with van der Waals surface area (Å²) in [4.78, 5) is 5.23. The maximum atomic E-state index is 10.6. The van der Waals surface area contributed by atoms with Crippen LogP contribution < -0.4 is 0 Å². The summed E-state index contributed by atoms with van der Waals surface area (Å²) in [5, 5.41) is 15.4. The minimum atomic E-state index is -1.55. The molecule has 0 aliphatic carbocycles. The van der Waals surface area contributed by atoms with E-state index >= 15 is 0 Å². The molecular weight excluding hydrogens is 297 g/mol. The number of hydrogen-bond acceptors (Lipinski definition) is 3. The summed E-state index contributed by atoms with van der Waals surface area (Å²) < 4.78 is 0. The standard InChI is InChI=1S/C15H11Cl2NO2/c16-11-6-7-12(13(17)8-11)15(19)9-14(18-20-15)10-4-2-1-3-5-10/h1-8,19H,9H2. The lowest BCUT2D eigenvalue weighted by atomic mass is 9.97. The second kappa shape index (κ2) is 5.09. The van der Waals surface area contributed by atoms with Gasteiger partial charge in [-0.2, -0.15) is 0 Å². The first-order chi connectivity index (χ1) is 9.58. The molecule has 1 unspecified atom stereocenters. The van der Waals surface area contributed by atoms with E-state index in [1.54, 1.807) is 18.2 Å². The summed E-state index contributed by atoms with van der Waals surface area (Å²) in [5.74, 6) is -1.55. The van der Waals surface area contributed by atoms with Crippen LogP contribution in [0.4, 0.5) is 0 Å². The molecule has 0 aromatic heterocycles. The molecule has 3 nitrogen and oxygen atoms in total. The minimum absolute atomic E-state index is 0.234. The number of oxime groups is 1. The molecule has 20 heavy (non-hydrogen) atoms. The van der Waals surface area contributed by atoms with Gasteiger partial charge in [-0.05, 0) is 23.8 Å². The van der Waals surface area contributed by atoms with E-state index in [9.17, 15) is 5.11 Å². The first kappa shape index (κ1) is 13.4.